The minimum Gasteiger partial charge on any atom is -0.480 e. The van der Waals surface area contributed by atoms with Gasteiger partial charge in [0, 0.05) is 35.8 Å². The van der Waals surface area contributed by atoms with Gasteiger partial charge in [0.05, 0.1) is 18.7 Å². The molecule has 3 aromatic rings. The summed E-state index contributed by atoms with van der Waals surface area (Å²) < 4.78 is 6.92. The van der Waals surface area contributed by atoms with Crippen LogP contribution in [0.15, 0.2) is 37.2 Å². The lowest BCUT2D eigenvalue weighted by Gasteiger charge is -2.10. The number of carboxylic acid groups (broad SMARTS) is 1. The van der Waals surface area contributed by atoms with Crippen molar-refractivity contribution in [1.82, 2.24) is 19.7 Å². The van der Waals surface area contributed by atoms with E-state index >= 15 is 0 Å². The first-order chi connectivity index (χ1) is 13.4. The van der Waals surface area contributed by atoms with Gasteiger partial charge in [0.2, 0.25) is 0 Å². The zero-order valence-corrected chi connectivity index (χ0v) is 15.7. The fraction of sp³-hybridized carbons (Fsp3) is 0.250. The first kappa shape index (κ1) is 19.4. The lowest BCUT2D eigenvalue weighted by molar-refractivity contribution is -0.137. The van der Waals surface area contributed by atoms with Crippen LogP contribution in [0.4, 0.5) is 0 Å². The highest BCUT2D eigenvalue weighted by Gasteiger charge is 2.20. The number of hydrogen-bond acceptors (Lipinski definition) is 6. The monoisotopic (exact) mass is 380 g/mol. The maximum Gasteiger partial charge on any atom is 0.325 e. The van der Waals surface area contributed by atoms with Crippen molar-refractivity contribution in [2.75, 3.05) is 6.61 Å². The molecule has 0 aliphatic heterocycles. The Kier molecular flexibility index (Phi) is 5.60. The van der Waals surface area contributed by atoms with Crippen LogP contribution < -0.4 is 0 Å². The Labute approximate surface area is 161 Å². The second-order valence-corrected chi connectivity index (χ2v) is 6.31. The van der Waals surface area contributed by atoms with Crippen LogP contribution >= 0.6 is 0 Å². The van der Waals surface area contributed by atoms with E-state index in [1.54, 1.807) is 25.4 Å². The van der Waals surface area contributed by atoms with Gasteiger partial charge in [0.15, 0.2) is 5.78 Å². The van der Waals surface area contributed by atoms with Gasteiger partial charge in [-0.15, -0.1) is 6.58 Å². The van der Waals surface area contributed by atoms with E-state index in [0.717, 1.165) is 16.7 Å². The molecule has 0 saturated carbocycles. The number of aromatic nitrogens is 4. The molecule has 28 heavy (non-hydrogen) atoms. The van der Waals surface area contributed by atoms with Crippen LogP contribution in [0.1, 0.15) is 28.8 Å². The number of ether oxygens (including phenoxy) is 1. The molecule has 8 nitrogen and oxygen atoms in total. The van der Waals surface area contributed by atoms with Gasteiger partial charge in [-0.3, -0.25) is 14.3 Å². The Balaban J connectivity index is 2.25. The van der Waals surface area contributed by atoms with E-state index in [9.17, 15) is 14.7 Å². The molecule has 0 atom stereocenters. The molecule has 0 bridgehead atoms. The maximum absolute atomic E-state index is 12.1. The van der Waals surface area contributed by atoms with E-state index in [0.29, 0.717) is 23.3 Å². The number of carbonyl (C=O) groups excluding carboxylic acids is 1. The molecule has 0 saturated heterocycles. The van der Waals surface area contributed by atoms with E-state index in [1.807, 2.05) is 12.1 Å². The summed E-state index contributed by atoms with van der Waals surface area (Å²) in [5.41, 5.74) is 3.07. The van der Waals surface area contributed by atoms with Crippen molar-refractivity contribution < 1.29 is 19.4 Å². The maximum atomic E-state index is 12.1. The van der Waals surface area contributed by atoms with Crippen LogP contribution in [0.25, 0.3) is 22.0 Å². The number of carboxylic acids is 1. The minimum atomic E-state index is -1.05. The molecule has 1 N–H and O–H groups in total. The Bertz CT molecular complexity index is 1050. The summed E-state index contributed by atoms with van der Waals surface area (Å²) in [6.07, 6.45) is 5.03. The average Bonchev–Trinajstić information content (AvgIpc) is 3.00. The molecular formula is C20H20N4O4. The van der Waals surface area contributed by atoms with Crippen molar-refractivity contribution in [2.24, 2.45) is 0 Å². The number of carbonyl (C=O) groups is 2. The number of benzene rings is 1. The molecule has 0 amide bonds. The summed E-state index contributed by atoms with van der Waals surface area (Å²) in [5.74, 6) is -0.643. The fourth-order valence-electron chi connectivity index (χ4n) is 2.98. The van der Waals surface area contributed by atoms with Crippen LogP contribution in [0.3, 0.4) is 0 Å². The first-order valence-electron chi connectivity index (χ1n) is 8.64. The Morgan fingerprint density at radius 1 is 1.25 bits per heavy atom. The van der Waals surface area contributed by atoms with Crippen LogP contribution in [-0.2, 0) is 22.7 Å². The third-order valence-electron chi connectivity index (χ3n) is 4.15. The topological polar surface area (TPSA) is 107 Å². The second kappa shape index (κ2) is 8.10. The molecule has 0 aliphatic carbocycles. The fourth-order valence-corrected chi connectivity index (χ4v) is 2.98. The molecule has 0 aliphatic rings. The predicted molar refractivity (Wildman–Crippen MR) is 103 cm³/mol. The highest BCUT2D eigenvalue weighted by molar-refractivity contribution is 6.06. The van der Waals surface area contributed by atoms with Gasteiger partial charge in [-0.2, -0.15) is 5.10 Å². The molecule has 0 radical (unpaired) electrons. The third-order valence-corrected chi connectivity index (χ3v) is 4.15. The molecule has 3 rings (SSSR count). The van der Waals surface area contributed by atoms with Gasteiger partial charge >= 0.3 is 5.97 Å². The first-order valence-corrected chi connectivity index (χ1v) is 8.64. The van der Waals surface area contributed by atoms with E-state index in [1.165, 1.54) is 11.6 Å². The van der Waals surface area contributed by atoms with Gasteiger partial charge in [-0.25, -0.2) is 9.97 Å². The number of Topliss-reactive ketones (excluding diaryl/α,β-unsaturated/α-hetero) is 1. The number of ketones is 1. The van der Waals surface area contributed by atoms with Gasteiger partial charge in [0.1, 0.15) is 18.1 Å². The molecule has 0 unspecified atom stereocenters. The Morgan fingerprint density at radius 2 is 1.96 bits per heavy atom. The summed E-state index contributed by atoms with van der Waals surface area (Å²) in [5, 5.41) is 14.1. The number of fused-ring (bicyclic) bond motifs is 1. The van der Waals surface area contributed by atoms with Crippen molar-refractivity contribution >= 4 is 22.7 Å². The normalized spacial score (nSPS) is 10.9. The predicted octanol–water partition coefficient (Wildman–Crippen LogP) is 2.79. The Hall–Kier alpha value is -3.39. The van der Waals surface area contributed by atoms with Crippen molar-refractivity contribution in [3.05, 3.63) is 54.3 Å². The zero-order valence-electron chi connectivity index (χ0n) is 15.7. The van der Waals surface area contributed by atoms with E-state index in [4.69, 9.17) is 4.74 Å². The molecule has 2 heterocycles. The number of aryl methyl sites for hydroxylation is 1. The molecule has 0 spiro atoms. The summed E-state index contributed by atoms with van der Waals surface area (Å²) in [6.45, 7) is 7.03. The molecule has 2 aromatic heterocycles. The number of rotatable bonds is 8. The summed E-state index contributed by atoms with van der Waals surface area (Å²) >= 11 is 0. The lowest BCUT2D eigenvalue weighted by Crippen LogP contribution is -2.11. The van der Waals surface area contributed by atoms with Gasteiger partial charge in [-0.1, -0.05) is 6.08 Å². The van der Waals surface area contributed by atoms with Crippen molar-refractivity contribution in [3.63, 3.8) is 0 Å². The van der Waals surface area contributed by atoms with Crippen molar-refractivity contribution in [2.45, 2.75) is 27.0 Å². The highest BCUT2D eigenvalue weighted by Crippen LogP contribution is 2.30. The minimum absolute atomic E-state index is 0.214. The smallest absolute Gasteiger partial charge is 0.325 e. The number of nitrogens with zero attached hydrogens (tertiary/aromatic N) is 4. The van der Waals surface area contributed by atoms with E-state index < -0.39 is 5.97 Å². The number of hydrogen-bond donors (Lipinski definition) is 1. The van der Waals surface area contributed by atoms with Gasteiger partial charge in [0.25, 0.3) is 0 Å². The number of aliphatic carboxylic acids is 1. The SMILES string of the molecule is C=CCOCc1cc(-c2cnc(C)nc2)cc2c(C(C)=O)nn(CC(=O)O)c12. The summed E-state index contributed by atoms with van der Waals surface area (Å²) in [4.78, 5) is 31.9. The average molecular weight is 380 g/mol. The lowest BCUT2D eigenvalue weighted by atomic mass is 10.0. The van der Waals surface area contributed by atoms with Crippen LogP contribution in [0, 0.1) is 6.92 Å². The molecular weight excluding hydrogens is 360 g/mol. The van der Waals surface area contributed by atoms with Crippen molar-refractivity contribution in [1.29, 1.82) is 0 Å². The Morgan fingerprint density at radius 3 is 2.57 bits per heavy atom. The third kappa shape index (κ3) is 3.96. The van der Waals surface area contributed by atoms with E-state index in [-0.39, 0.29) is 24.6 Å². The quantitative estimate of drug-likeness (QED) is 0.364. The largest absolute Gasteiger partial charge is 0.480 e. The molecule has 1 aromatic carbocycles. The second-order valence-electron chi connectivity index (χ2n) is 6.31. The van der Waals surface area contributed by atoms with Gasteiger partial charge in [-0.05, 0) is 24.6 Å². The standard InChI is InChI=1S/C20H20N4O4/c1-4-5-28-11-15-6-14(16-8-21-13(3)22-9-16)7-17-19(12(2)25)23-24(20(15)17)10-18(26)27/h4,6-9H,1,5,10-11H2,2-3H3,(H,26,27). The molecule has 144 valence electrons. The van der Waals surface area contributed by atoms with Crippen LogP contribution in [0.5, 0.6) is 0 Å². The van der Waals surface area contributed by atoms with E-state index in [2.05, 4.69) is 21.6 Å². The zero-order chi connectivity index (χ0) is 20.3. The van der Waals surface area contributed by atoms with Crippen LogP contribution in [-0.4, -0.2) is 43.2 Å². The highest BCUT2D eigenvalue weighted by atomic mass is 16.5. The molecule has 0 fully saturated rings. The summed E-state index contributed by atoms with van der Waals surface area (Å²) in [7, 11) is 0. The van der Waals surface area contributed by atoms with Crippen molar-refractivity contribution in [3.8, 4) is 11.1 Å². The van der Waals surface area contributed by atoms with Crippen LogP contribution in [0.2, 0.25) is 0 Å². The summed E-state index contributed by atoms with van der Waals surface area (Å²) in [6, 6.07) is 3.69. The van der Waals surface area contributed by atoms with Gasteiger partial charge < -0.3 is 9.84 Å². The molecule has 8 heteroatoms.